The average molecular weight is 276 g/mol. The Morgan fingerprint density at radius 3 is 2.11 bits per heavy atom. The highest BCUT2D eigenvalue weighted by molar-refractivity contribution is 7.80. The van der Waals surface area contributed by atoms with Gasteiger partial charge >= 0.3 is 0 Å². The summed E-state index contributed by atoms with van der Waals surface area (Å²) in [6.07, 6.45) is 2.50. The molecule has 0 aromatic heterocycles. The van der Waals surface area contributed by atoms with Gasteiger partial charge in [-0.25, -0.2) is 0 Å². The van der Waals surface area contributed by atoms with Crippen molar-refractivity contribution < 1.29 is 9.59 Å². The maximum atomic E-state index is 11.9. The molecule has 100 valence electrons. The van der Waals surface area contributed by atoms with Gasteiger partial charge in [0.05, 0.1) is 6.54 Å². The topological polar surface area (TPSA) is 63.4 Å². The fourth-order valence-corrected chi connectivity index (χ4v) is 2.23. The zero-order valence-electron chi connectivity index (χ0n) is 10.6. The van der Waals surface area contributed by atoms with Gasteiger partial charge in [-0.1, -0.05) is 36.5 Å². The van der Waals surface area contributed by atoms with Gasteiger partial charge in [-0.3, -0.25) is 14.5 Å². The van der Waals surface area contributed by atoms with E-state index < -0.39 is 0 Å². The van der Waals surface area contributed by atoms with Crippen molar-refractivity contribution in [3.63, 3.8) is 0 Å². The Labute approximate surface area is 117 Å². The number of likely N-dealkylation sites (tertiary alicyclic amines) is 1. The van der Waals surface area contributed by atoms with E-state index in [1.165, 1.54) is 4.90 Å². The normalized spacial score (nSPS) is 16.3. The van der Waals surface area contributed by atoms with Crippen LogP contribution in [-0.2, 0) is 16.1 Å². The summed E-state index contributed by atoms with van der Waals surface area (Å²) in [7, 11) is 0. The Morgan fingerprint density at radius 2 is 1.63 bits per heavy atom. The third-order valence-electron chi connectivity index (χ3n) is 3.21. The van der Waals surface area contributed by atoms with Crippen LogP contribution >= 0.6 is 12.2 Å². The van der Waals surface area contributed by atoms with Gasteiger partial charge in [0.2, 0.25) is 11.8 Å². The Balaban J connectivity index is 2.12. The summed E-state index contributed by atoms with van der Waals surface area (Å²) >= 11 is 4.88. The lowest BCUT2D eigenvalue weighted by Gasteiger charge is -2.18. The molecule has 0 spiro atoms. The van der Waals surface area contributed by atoms with Gasteiger partial charge in [0.25, 0.3) is 0 Å². The molecule has 1 aromatic carbocycles. The molecule has 2 rings (SSSR count). The summed E-state index contributed by atoms with van der Waals surface area (Å²) in [5.41, 5.74) is 7.22. The van der Waals surface area contributed by atoms with E-state index in [9.17, 15) is 9.59 Å². The molecule has 2 amide bonds. The van der Waals surface area contributed by atoms with Gasteiger partial charge in [-0.05, 0) is 18.4 Å². The summed E-state index contributed by atoms with van der Waals surface area (Å²) in [5, 5.41) is 0. The number of amides is 2. The van der Waals surface area contributed by atoms with Gasteiger partial charge in [0, 0.05) is 18.4 Å². The Kier molecular flexibility index (Phi) is 4.27. The first kappa shape index (κ1) is 13.7. The summed E-state index contributed by atoms with van der Waals surface area (Å²) in [6.45, 7) is 0.329. The number of rotatable bonds is 3. The van der Waals surface area contributed by atoms with Crippen LogP contribution in [0.2, 0.25) is 0 Å². The third-order valence-corrected chi connectivity index (χ3v) is 3.45. The minimum Gasteiger partial charge on any atom is -0.389 e. The lowest BCUT2D eigenvalue weighted by atomic mass is 10.1. The number of hydrogen-bond donors (Lipinski definition) is 1. The number of hydrogen-bond acceptors (Lipinski definition) is 3. The standard InChI is InChI=1S/C14H16N2O2S/c15-14(19)11-7-5-10(6-8-11)9-16-12(17)3-1-2-4-13(16)18/h5-8H,1-4,9H2,(H2,15,19). The SMILES string of the molecule is NC(=S)c1ccc(CN2C(=O)CCCCC2=O)cc1. The molecule has 2 N–H and O–H groups in total. The van der Waals surface area contributed by atoms with Crippen molar-refractivity contribution in [1.29, 1.82) is 0 Å². The Bertz CT molecular complexity index is 493. The van der Waals surface area contributed by atoms with Crippen molar-refractivity contribution >= 4 is 29.0 Å². The number of nitrogens with two attached hydrogens (primary N) is 1. The minimum absolute atomic E-state index is 0.0825. The van der Waals surface area contributed by atoms with Crippen molar-refractivity contribution in [3.05, 3.63) is 35.4 Å². The fourth-order valence-electron chi connectivity index (χ4n) is 2.09. The van der Waals surface area contributed by atoms with Gasteiger partial charge in [0.1, 0.15) is 4.99 Å². The highest BCUT2D eigenvalue weighted by atomic mass is 32.1. The van der Waals surface area contributed by atoms with Crippen molar-refractivity contribution in [2.75, 3.05) is 0 Å². The molecular weight excluding hydrogens is 260 g/mol. The number of benzene rings is 1. The van der Waals surface area contributed by atoms with Crippen LogP contribution in [0.15, 0.2) is 24.3 Å². The largest absolute Gasteiger partial charge is 0.389 e. The molecule has 0 aliphatic carbocycles. The Hall–Kier alpha value is -1.75. The van der Waals surface area contributed by atoms with Crippen LogP contribution in [0, 0.1) is 0 Å². The molecule has 1 heterocycles. The fraction of sp³-hybridized carbons (Fsp3) is 0.357. The van der Waals surface area contributed by atoms with E-state index in [4.69, 9.17) is 18.0 Å². The van der Waals surface area contributed by atoms with Gasteiger partial charge in [-0.2, -0.15) is 0 Å². The van der Waals surface area contributed by atoms with Crippen LogP contribution in [0.5, 0.6) is 0 Å². The predicted molar refractivity (Wildman–Crippen MR) is 76.4 cm³/mol. The van der Waals surface area contributed by atoms with Crippen LogP contribution in [0.1, 0.15) is 36.8 Å². The van der Waals surface area contributed by atoms with E-state index in [1.54, 1.807) is 0 Å². The molecule has 1 fully saturated rings. The molecule has 0 bridgehead atoms. The molecule has 1 aliphatic heterocycles. The summed E-state index contributed by atoms with van der Waals surface area (Å²) in [5.74, 6) is -0.165. The Morgan fingerprint density at radius 1 is 1.11 bits per heavy atom. The van der Waals surface area contributed by atoms with E-state index >= 15 is 0 Å². The maximum Gasteiger partial charge on any atom is 0.229 e. The van der Waals surface area contributed by atoms with Crippen LogP contribution in [-0.4, -0.2) is 21.7 Å². The maximum absolute atomic E-state index is 11.9. The van der Waals surface area contributed by atoms with Gasteiger partial charge in [-0.15, -0.1) is 0 Å². The van der Waals surface area contributed by atoms with Gasteiger partial charge < -0.3 is 5.73 Å². The molecule has 1 aliphatic rings. The van der Waals surface area contributed by atoms with Crippen LogP contribution in [0.4, 0.5) is 0 Å². The first-order valence-corrected chi connectivity index (χ1v) is 6.70. The van der Waals surface area contributed by atoms with E-state index in [0.29, 0.717) is 24.4 Å². The van der Waals surface area contributed by atoms with Crippen molar-refractivity contribution in [3.8, 4) is 0 Å². The minimum atomic E-state index is -0.0825. The average Bonchev–Trinajstić information content (AvgIpc) is 2.54. The van der Waals surface area contributed by atoms with E-state index in [0.717, 1.165) is 24.0 Å². The van der Waals surface area contributed by atoms with Crippen molar-refractivity contribution in [2.24, 2.45) is 5.73 Å². The number of carbonyl (C=O) groups excluding carboxylic acids is 2. The predicted octanol–water partition coefficient (Wildman–Crippen LogP) is 1.75. The monoisotopic (exact) mass is 276 g/mol. The highest BCUT2D eigenvalue weighted by Crippen LogP contribution is 2.16. The van der Waals surface area contributed by atoms with Crippen molar-refractivity contribution in [2.45, 2.75) is 32.2 Å². The molecule has 0 radical (unpaired) electrons. The summed E-state index contributed by atoms with van der Waals surface area (Å²) in [4.78, 5) is 25.4. The third kappa shape index (κ3) is 3.38. The second-order valence-corrected chi connectivity index (χ2v) is 5.08. The van der Waals surface area contributed by atoms with Crippen LogP contribution in [0.3, 0.4) is 0 Å². The van der Waals surface area contributed by atoms with E-state index in [1.807, 2.05) is 24.3 Å². The smallest absolute Gasteiger partial charge is 0.229 e. The molecular formula is C14H16N2O2S. The van der Waals surface area contributed by atoms with Crippen molar-refractivity contribution in [1.82, 2.24) is 4.90 Å². The molecule has 5 heteroatoms. The lowest BCUT2D eigenvalue weighted by molar-refractivity contribution is -0.144. The number of thiocarbonyl (C=S) groups is 1. The van der Waals surface area contributed by atoms with E-state index in [2.05, 4.69) is 0 Å². The number of nitrogens with zero attached hydrogens (tertiary/aromatic N) is 1. The lowest BCUT2D eigenvalue weighted by Crippen LogP contribution is -2.34. The summed E-state index contributed by atoms with van der Waals surface area (Å²) < 4.78 is 0. The molecule has 1 saturated heterocycles. The number of imide groups is 1. The first-order chi connectivity index (χ1) is 9.08. The second kappa shape index (κ2) is 5.93. The molecule has 0 atom stereocenters. The highest BCUT2D eigenvalue weighted by Gasteiger charge is 2.23. The zero-order chi connectivity index (χ0) is 13.8. The second-order valence-electron chi connectivity index (χ2n) is 4.64. The molecule has 19 heavy (non-hydrogen) atoms. The quantitative estimate of drug-likeness (QED) is 0.675. The van der Waals surface area contributed by atoms with Crippen LogP contribution in [0.25, 0.3) is 0 Å². The number of carbonyl (C=O) groups is 2. The summed E-state index contributed by atoms with van der Waals surface area (Å²) in [6, 6.07) is 7.31. The zero-order valence-corrected chi connectivity index (χ0v) is 11.4. The molecule has 0 saturated carbocycles. The molecule has 4 nitrogen and oxygen atoms in total. The van der Waals surface area contributed by atoms with Crippen LogP contribution < -0.4 is 5.73 Å². The molecule has 0 unspecified atom stereocenters. The van der Waals surface area contributed by atoms with E-state index in [-0.39, 0.29) is 11.8 Å². The first-order valence-electron chi connectivity index (χ1n) is 6.30. The molecule has 1 aromatic rings. The van der Waals surface area contributed by atoms with Gasteiger partial charge in [0.15, 0.2) is 0 Å².